The summed E-state index contributed by atoms with van der Waals surface area (Å²) >= 11 is 4.02. The molecule has 1 heterocycles. The topological polar surface area (TPSA) is 58.0 Å². The van der Waals surface area contributed by atoms with Gasteiger partial charge in [0.1, 0.15) is 5.82 Å². The van der Waals surface area contributed by atoms with Gasteiger partial charge < -0.3 is 10.4 Å². The molecule has 0 aliphatic heterocycles. The predicted molar refractivity (Wildman–Crippen MR) is 60.7 cm³/mol. The molecule has 0 spiro atoms. The van der Waals surface area contributed by atoms with Crippen molar-refractivity contribution in [2.24, 2.45) is 0 Å². The molecule has 1 aromatic rings. The molecule has 0 saturated heterocycles. The summed E-state index contributed by atoms with van der Waals surface area (Å²) in [6.07, 6.45) is 1.57. The number of hydrogen-bond acceptors (Lipinski definition) is 5. The first kappa shape index (κ1) is 13.2. The number of aliphatic hydroxyl groups excluding tert-OH is 1. The number of anilines is 1. The minimum atomic E-state index is -0.0664. The highest BCUT2D eigenvalue weighted by Crippen LogP contribution is 2.13. The molecule has 0 aliphatic rings. The molecule has 0 amide bonds. The first-order valence-electron chi connectivity index (χ1n) is 4.05. The van der Waals surface area contributed by atoms with Crippen LogP contribution in [0.4, 0.5) is 5.82 Å². The fraction of sp³-hybridized carbons (Fsp3) is 0.556. The zero-order valence-corrected chi connectivity index (χ0v) is 8.55. The van der Waals surface area contributed by atoms with Crippen LogP contribution < -0.4 is 5.32 Å². The Morgan fingerprint density at radius 1 is 1.57 bits per heavy atom. The van der Waals surface area contributed by atoms with Gasteiger partial charge in [-0.25, -0.2) is 9.97 Å². The van der Waals surface area contributed by atoms with E-state index in [-0.39, 0.29) is 20.1 Å². The van der Waals surface area contributed by atoms with Crippen molar-refractivity contribution >= 4 is 18.4 Å². The summed E-state index contributed by atoms with van der Waals surface area (Å²) in [4.78, 5) is 7.94. The molecule has 0 aliphatic carbocycles. The van der Waals surface area contributed by atoms with Gasteiger partial charge in [0.05, 0.1) is 6.61 Å². The van der Waals surface area contributed by atoms with Crippen LogP contribution in [0.5, 0.6) is 0 Å². The highest BCUT2D eigenvalue weighted by Gasteiger charge is 2.05. The first-order valence-corrected chi connectivity index (χ1v) is 4.50. The van der Waals surface area contributed by atoms with Crippen molar-refractivity contribution in [3.05, 3.63) is 11.8 Å². The van der Waals surface area contributed by atoms with Crippen molar-refractivity contribution in [3.63, 3.8) is 0 Å². The number of nitrogens with one attached hydrogen (secondary N) is 1. The van der Waals surface area contributed by atoms with Crippen molar-refractivity contribution in [2.45, 2.75) is 39.1 Å². The second kappa shape index (κ2) is 5.82. The summed E-state index contributed by atoms with van der Waals surface area (Å²) in [6.45, 7) is 3.94. The molecule has 4 nitrogen and oxygen atoms in total. The van der Waals surface area contributed by atoms with Crippen LogP contribution in [0, 0.1) is 0 Å². The van der Waals surface area contributed by atoms with E-state index >= 15 is 0 Å². The lowest BCUT2D eigenvalue weighted by atomic mass is 10.3. The molecule has 0 bridgehead atoms. The van der Waals surface area contributed by atoms with Crippen molar-refractivity contribution in [2.75, 3.05) is 5.32 Å². The average Bonchev–Trinajstić information content (AvgIpc) is 2.03. The van der Waals surface area contributed by atoms with Gasteiger partial charge in [-0.3, -0.25) is 0 Å². The van der Waals surface area contributed by atoms with Crippen LogP contribution in [-0.2, 0) is 6.61 Å². The predicted octanol–water partition coefficient (Wildman–Crippen LogP) is 1.71. The molecule has 0 atom stereocenters. The number of nitrogens with zero attached hydrogens (tertiary/aromatic N) is 2. The summed E-state index contributed by atoms with van der Waals surface area (Å²) in [6, 6.07) is 0.271. The Morgan fingerprint density at radius 3 is 2.71 bits per heavy atom. The van der Waals surface area contributed by atoms with Gasteiger partial charge in [-0.15, -0.1) is 12.6 Å². The molecule has 0 fully saturated rings. The molecule has 0 unspecified atom stereocenters. The number of aliphatic hydroxyl groups is 1. The third kappa shape index (κ3) is 3.51. The van der Waals surface area contributed by atoms with Gasteiger partial charge in [0.15, 0.2) is 5.16 Å². The molecule has 14 heavy (non-hydrogen) atoms. The number of rotatable bonds is 3. The van der Waals surface area contributed by atoms with Gasteiger partial charge in [0.2, 0.25) is 0 Å². The summed E-state index contributed by atoms with van der Waals surface area (Å²) in [5, 5.41) is 12.5. The molecular formula is C9H17N3OS. The lowest BCUT2D eigenvalue weighted by molar-refractivity contribution is 0.281. The zero-order chi connectivity index (χ0) is 9.84. The van der Waals surface area contributed by atoms with Crippen LogP contribution in [-0.4, -0.2) is 21.1 Å². The fourth-order valence-electron chi connectivity index (χ4n) is 0.912. The Kier molecular flexibility index (Phi) is 5.49. The zero-order valence-electron chi connectivity index (χ0n) is 7.65. The second-order valence-electron chi connectivity index (χ2n) is 3.00. The summed E-state index contributed by atoms with van der Waals surface area (Å²) in [5.74, 6) is 0.650. The van der Waals surface area contributed by atoms with Crippen molar-refractivity contribution in [1.29, 1.82) is 0 Å². The van der Waals surface area contributed by atoms with Gasteiger partial charge >= 0.3 is 0 Å². The maximum Gasteiger partial charge on any atom is 0.186 e. The lowest BCUT2D eigenvalue weighted by Crippen LogP contribution is -2.13. The maximum atomic E-state index is 8.98. The quantitative estimate of drug-likeness (QED) is 0.531. The van der Waals surface area contributed by atoms with Gasteiger partial charge in [-0.2, -0.15) is 0 Å². The largest absolute Gasteiger partial charge is 0.391 e. The molecule has 1 aromatic heterocycles. The van der Waals surface area contributed by atoms with Gasteiger partial charge in [0.25, 0.3) is 0 Å². The molecule has 80 valence electrons. The molecule has 0 aromatic carbocycles. The molecular weight excluding hydrogens is 198 g/mol. The molecule has 1 rings (SSSR count). The summed E-state index contributed by atoms with van der Waals surface area (Å²) in [7, 11) is 0. The van der Waals surface area contributed by atoms with E-state index in [1.54, 1.807) is 6.20 Å². The Bertz CT molecular complexity index is 291. The van der Waals surface area contributed by atoms with Crippen LogP contribution in [0.15, 0.2) is 11.4 Å². The minimum absolute atomic E-state index is 0. The van der Waals surface area contributed by atoms with Crippen LogP contribution in [0.2, 0.25) is 0 Å². The van der Waals surface area contributed by atoms with Gasteiger partial charge in [0, 0.05) is 17.8 Å². The van der Waals surface area contributed by atoms with E-state index in [1.807, 2.05) is 13.8 Å². The van der Waals surface area contributed by atoms with Crippen molar-refractivity contribution in [1.82, 2.24) is 9.97 Å². The Morgan fingerprint density at radius 2 is 2.21 bits per heavy atom. The van der Waals surface area contributed by atoms with E-state index < -0.39 is 0 Å². The van der Waals surface area contributed by atoms with E-state index in [4.69, 9.17) is 5.11 Å². The van der Waals surface area contributed by atoms with Crippen LogP contribution in [0.3, 0.4) is 0 Å². The number of hydrogen-bond donors (Lipinski definition) is 3. The highest BCUT2D eigenvalue weighted by molar-refractivity contribution is 7.80. The standard InChI is InChI=1S/C8H13N3OS.CH4/c1-5(2)10-7-6(4-12)3-9-8(13)11-7;/h3,5,12H,4H2,1-2H3,(H2,9,10,11,13);1H4. The van der Waals surface area contributed by atoms with Crippen LogP contribution in [0.25, 0.3) is 0 Å². The third-order valence-corrected chi connectivity index (χ3v) is 1.66. The van der Waals surface area contributed by atoms with Crippen molar-refractivity contribution in [3.8, 4) is 0 Å². The summed E-state index contributed by atoms with van der Waals surface area (Å²) < 4.78 is 0. The molecule has 2 N–H and O–H groups in total. The Labute approximate surface area is 90.2 Å². The highest BCUT2D eigenvalue weighted by atomic mass is 32.1. The Balaban J connectivity index is 0.00000169. The smallest absolute Gasteiger partial charge is 0.186 e. The van der Waals surface area contributed by atoms with E-state index in [1.165, 1.54) is 0 Å². The molecule has 5 heteroatoms. The van der Waals surface area contributed by atoms with Gasteiger partial charge in [-0.05, 0) is 13.8 Å². The second-order valence-corrected chi connectivity index (χ2v) is 3.40. The average molecular weight is 215 g/mol. The monoisotopic (exact) mass is 215 g/mol. The fourth-order valence-corrected chi connectivity index (χ4v) is 1.07. The van der Waals surface area contributed by atoms with Crippen molar-refractivity contribution < 1.29 is 5.11 Å². The minimum Gasteiger partial charge on any atom is -0.391 e. The van der Waals surface area contributed by atoms with E-state index in [2.05, 4.69) is 27.9 Å². The number of aromatic nitrogens is 2. The lowest BCUT2D eigenvalue weighted by Gasteiger charge is -2.11. The van der Waals surface area contributed by atoms with Gasteiger partial charge in [-0.1, -0.05) is 7.43 Å². The third-order valence-electron chi connectivity index (χ3n) is 1.45. The van der Waals surface area contributed by atoms with E-state index in [0.717, 1.165) is 0 Å². The normalized spacial score (nSPS) is 9.79. The molecule has 0 saturated carbocycles. The van der Waals surface area contributed by atoms with Crippen LogP contribution in [0.1, 0.15) is 26.8 Å². The van der Waals surface area contributed by atoms with E-state index in [9.17, 15) is 0 Å². The van der Waals surface area contributed by atoms with Crippen LogP contribution >= 0.6 is 12.6 Å². The SMILES string of the molecule is C.CC(C)Nc1nc(S)ncc1CO. The maximum absolute atomic E-state index is 8.98. The number of thiol groups is 1. The Hall–Kier alpha value is -0.810. The van der Waals surface area contributed by atoms with E-state index in [0.29, 0.717) is 16.5 Å². The first-order chi connectivity index (χ1) is 6.13. The molecule has 0 radical (unpaired) electrons. The summed E-state index contributed by atoms with van der Waals surface area (Å²) in [5.41, 5.74) is 0.687.